The normalized spacial score (nSPS) is 29.7. The van der Waals surface area contributed by atoms with Crippen LogP contribution in [0, 0.1) is 0 Å². The number of hydrogen-bond donors (Lipinski definition) is 3. The molecule has 1 aromatic rings. The summed E-state index contributed by atoms with van der Waals surface area (Å²) >= 11 is 0. The van der Waals surface area contributed by atoms with Crippen LogP contribution in [-0.2, 0) is 10.7 Å². The smallest absolute Gasteiger partial charge is 0.332 e. The lowest BCUT2D eigenvalue weighted by Gasteiger charge is -2.43. The standard InChI is InChI=1S/C15H25FN2O5Si/c1-14(2,3)24(4,5)12(21)11-9(19)8-15(16,23-11)18-7-6-10(20)17-13(18)22/h6-7,9,11-12,19,21H,8H2,1-5H3,(H,17,20,22)/t9-,11-,12?,15-/m0/s1. The van der Waals surface area contributed by atoms with Gasteiger partial charge < -0.3 is 14.9 Å². The predicted molar refractivity (Wildman–Crippen MR) is 89.1 cm³/mol. The highest BCUT2D eigenvalue weighted by Crippen LogP contribution is 2.44. The summed E-state index contributed by atoms with van der Waals surface area (Å²) in [4.78, 5) is 24.9. The molecule has 1 saturated heterocycles. The SMILES string of the molecule is CC(C)(C)[Si](C)(C)C(O)[C@H]1O[C@@](F)(n2ccc(=O)[nH]c2=O)C[C@@H]1O. The van der Waals surface area contributed by atoms with Gasteiger partial charge >= 0.3 is 5.69 Å². The molecule has 3 N–H and O–H groups in total. The highest BCUT2D eigenvalue weighted by atomic mass is 28.3. The van der Waals surface area contributed by atoms with Gasteiger partial charge in [0.15, 0.2) is 0 Å². The lowest BCUT2D eigenvalue weighted by molar-refractivity contribution is -0.210. The topological polar surface area (TPSA) is 105 Å². The summed E-state index contributed by atoms with van der Waals surface area (Å²) in [5.41, 5.74) is -2.65. The maximum Gasteiger partial charge on any atom is 0.332 e. The van der Waals surface area contributed by atoms with Gasteiger partial charge in [-0.15, -0.1) is 0 Å². The van der Waals surface area contributed by atoms with E-state index in [1.807, 2.05) is 38.8 Å². The fourth-order valence-electron chi connectivity index (χ4n) is 2.67. The zero-order valence-corrected chi connectivity index (χ0v) is 15.5. The van der Waals surface area contributed by atoms with E-state index >= 15 is 4.39 Å². The minimum atomic E-state index is -2.62. The fourth-order valence-corrected chi connectivity index (χ4v) is 4.67. The number of aliphatic hydroxyl groups is 2. The molecule has 0 radical (unpaired) electrons. The van der Waals surface area contributed by atoms with Crippen molar-refractivity contribution >= 4 is 8.07 Å². The Hall–Kier alpha value is -1.29. The van der Waals surface area contributed by atoms with Crippen molar-refractivity contribution in [1.29, 1.82) is 0 Å². The number of nitrogens with zero attached hydrogens (tertiary/aromatic N) is 1. The van der Waals surface area contributed by atoms with Crippen LogP contribution in [0.25, 0.3) is 0 Å². The Morgan fingerprint density at radius 2 is 2.04 bits per heavy atom. The van der Waals surface area contributed by atoms with Gasteiger partial charge in [-0.05, 0) is 5.04 Å². The molecular formula is C15H25FN2O5Si. The van der Waals surface area contributed by atoms with Crippen molar-refractivity contribution in [2.24, 2.45) is 0 Å². The van der Waals surface area contributed by atoms with Crippen molar-refractivity contribution in [2.75, 3.05) is 0 Å². The zero-order valence-electron chi connectivity index (χ0n) is 14.5. The molecule has 9 heteroatoms. The average molecular weight is 360 g/mol. The van der Waals surface area contributed by atoms with Gasteiger partial charge in [0, 0.05) is 12.3 Å². The molecule has 0 aliphatic carbocycles. The molecule has 1 aliphatic heterocycles. The fraction of sp³-hybridized carbons (Fsp3) is 0.733. The Bertz CT molecular complexity index is 726. The molecule has 1 unspecified atom stereocenters. The first-order chi connectivity index (χ1) is 10.8. The second-order valence-corrected chi connectivity index (χ2v) is 13.5. The van der Waals surface area contributed by atoms with Crippen molar-refractivity contribution in [3.63, 3.8) is 0 Å². The Balaban J connectivity index is 2.35. The maximum absolute atomic E-state index is 15.1. The third-order valence-electron chi connectivity index (χ3n) is 5.32. The first-order valence-electron chi connectivity index (χ1n) is 7.85. The van der Waals surface area contributed by atoms with Crippen molar-refractivity contribution in [3.05, 3.63) is 33.1 Å². The molecule has 24 heavy (non-hydrogen) atoms. The van der Waals surface area contributed by atoms with E-state index in [0.29, 0.717) is 4.57 Å². The van der Waals surface area contributed by atoms with E-state index in [-0.39, 0.29) is 5.04 Å². The lowest BCUT2D eigenvalue weighted by atomic mass is 10.2. The Morgan fingerprint density at radius 3 is 2.54 bits per heavy atom. The summed E-state index contributed by atoms with van der Waals surface area (Å²) in [7, 11) is -2.34. The number of aromatic amines is 1. The van der Waals surface area contributed by atoms with Crippen LogP contribution in [0.4, 0.5) is 4.39 Å². The van der Waals surface area contributed by atoms with Gasteiger partial charge in [0.05, 0.1) is 26.3 Å². The van der Waals surface area contributed by atoms with E-state index < -0.39 is 49.7 Å². The molecule has 2 heterocycles. The third-order valence-corrected chi connectivity index (χ3v) is 11.0. The van der Waals surface area contributed by atoms with Crippen LogP contribution in [0.1, 0.15) is 27.2 Å². The maximum atomic E-state index is 15.1. The zero-order chi connectivity index (χ0) is 18.5. The molecule has 7 nitrogen and oxygen atoms in total. The van der Waals surface area contributed by atoms with E-state index in [9.17, 15) is 19.8 Å². The molecule has 1 aromatic heterocycles. The number of aliphatic hydroxyl groups excluding tert-OH is 2. The minimum Gasteiger partial charge on any atom is -0.394 e. The number of halogens is 1. The van der Waals surface area contributed by atoms with E-state index in [1.165, 1.54) is 0 Å². The molecule has 0 saturated carbocycles. The molecule has 1 aliphatic rings. The molecule has 0 amide bonds. The molecular weight excluding hydrogens is 335 g/mol. The highest BCUT2D eigenvalue weighted by molar-refractivity contribution is 6.81. The van der Waals surface area contributed by atoms with Gasteiger partial charge in [-0.3, -0.25) is 9.78 Å². The van der Waals surface area contributed by atoms with Gasteiger partial charge in [0.2, 0.25) is 0 Å². The molecule has 1 fully saturated rings. The highest BCUT2D eigenvalue weighted by Gasteiger charge is 2.56. The Labute approximate surface area is 140 Å². The quantitative estimate of drug-likeness (QED) is 0.688. The van der Waals surface area contributed by atoms with E-state index in [2.05, 4.69) is 0 Å². The average Bonchev–Trinajstić information content (AvgIpc) is 2.72. The van der Waals surface area contributed by atoms with Crippen LogP contribution in [0.15, 0.2) is 21.9 Å². The number of aromatic nitrogens is 2. The first kappa shape index (κ1) is 19.0. The summed E-state index contributed by atoms with van der Waals surface area (Å²) in [5.74, 6) is -2.62. The molecule has 4 atom stereocenters. The minimum absolute atomic E-state index is 0.202. The largest absolute Gasteiger partial charge is 0.394 e. The van der Waals surface area contributed by atoms with Crippen LogP contribution in [0.5, 0.6) is 0 Å². The van der Waals surface area contributed by atoms with Gasteiger partial charge in [-0.1, -0.05) is 33.9 Å². The van der Waals surface area contributed by atoms with Gasteiger partial charge in [0.1, 0.15) is 6.10 Å². The summed E-state index contributed by atoms with van der Waals surface area (Å²) in [6, 6.07) is 0.996. The molecule has 136 valence electrons. The van der Waals surface area contributed by atoms with Crippen molar-refractivity contribution in [1.82, 2.24) is 9.55 Å². The summed E-state index contributed by atoms with van der Waals surface area (Å²) < 4.78 is 21.1. The van der Waals surface area contributed by atoms with E-state index in [4.69, 9.17) is 4.74 Å². The Kier molecular flexibility index (Phi) is 4.68. The van der Waals surface area contributed by atoms with Crippen LogP contribution in [0.2, 0.25) is 18.1 Å². The third kappa shape index (κ3) is 3.13. The molecule has 0 spiro atoms. The van der Waals surface area contributed by atoms with Crippen molar-refractivity contribution in [3.8, 4) is 0 Å². The first-order valence-corrected chi connectivity index (χ1v) is 10.9. The van der Waals surface area contributed by atoms with Gasteiger partial charge in [-0.25, -0.2) is 9.36 Å². The second kappa shape index (κ2) is 5.90. The molecule has 0 aromatic carbocycles. The van der Waals surface area contributed by atoms with E-state index in [0.717, 1.165) is 12.3 Å². The van der Waals surface area contributed by atoms with Crippen LogP contribution in [-0.4, -0.2) is 45.8 Å². The van der Waals surface area contributed by atoms with Crippen molar-refractivity contribution < 1.29 is 19.3 Å². The number of ether oxygens (including phenoxy) is 1. The summed E-state index contributed by atoms with van der Waals surface area (Å²) in [6.07, 6.45) is -1.93. The molecule has 2 rings (SSSR count). The number of rotatable bonds is 3. The van der Waals surface area contributed by atoms with Crippen LogP contribution in [0.3, 0.4) is 0 Å². The van der Waals surface area contributed by atoms with E-state index in [1.54, 1.807) is 0 Å². The predicted octanol–water partition coefficient (Wildman–Crippen LogP) is 0.675. The second-order valence-electron chi connectivity index (χ2n) is 7.94. The number of H-pyrrole nitrogens is 1. The van der Waals surface area contributed by atoms with Gasteiger partial charge in [-0.2, -0.15) is 4.39 Å². The van der Waals surface area contributed by atoms with Gasteiger partial charge in [0.25, 0.3) is 11.5 Å². The number of nitrogens with one attached hydrogen (secondary N) is 1. The van der Waals surface area contributed by atoms with Crippen LogP contribution < -0.4 is 11.2 Å². The number of hydrogen-bond acceptors (Lipinski definition) is 5. The number of alkyl halides is 1. The molecule has 0 bridgehead atoms. The van der Waals surface area contributed by atoms with Crippen molar-refractivity contribution in [2.45, 2.75) is 69.2 Å². The van der Waals surface area contributed by atoms with Crippen LogP contribution >= 0.6 is 0 Å². The Morgan fingerprint density at radius 1 is 1.46 bits per heavy atom. The monoisotopic (exact) mass is 360 g/mol. The summed E-state index contributed by atoms with van der Waals surface area (Å²) in [6.45, 7) is 9.84. The summed E-state index contributed by atoms with van der Waals surface area (Å²) in [5, 5.41) is 20.8. The lowest BCUT2D eigenvalue weighted by Crippen LogP contribution is -2.57.